The lowest BCUT2D eigenvalue weighted by atomic mass is 10.2. The van der Waals surface area contributed by atoms with Gasteiger partial charge in [-0.1, -0.05) is 6.92 Å². The Labute approximate surface area is 68.8 Å². The summed E-state index contributed by atoms with van der Waals surface area (Å²) in [6.45, 7) is 2.01. The van der Waals surface area contributed by atoms with Gasteiger partial charge in [0, 0.05) is 6.07 Å². The molecule has 0 aliphatic rings. The first kappa shape index (κ1) is 7.09. The second kappa shape index (κ2) is 2.48. The van der Waals surface area contributed by atoms with Crippen molar-refractivity contribution in [1.82, 2.24) is 14.6 Å². The van der Waals surface area contributed by atoms with E-state index in [1.54, 1.807) is 6.07 Å². The Hall–Kier alpha value is -1.58. The molecule has 2 heterocycles. The lowest BCUT2D eigenvalue weighted by Crippen LogP contribution is -2.13. The van der Waals surface area contributed by atoms with Crippen molar-refractivity contribution in [3.63, 3.8) is 0 Å². The molecule has 0 bridgehead atoms. The maximum Gasteiger partial charge on any atom is 0.271 e. The first-order chi connectivity index (χ1) is 5.81. The van der Waals surface area contributed by atoms with Crippen molar-refractivity contribution in [3.05, 3.63) is 34.4 Å². The van der Waals surface area contributed by atoms with E-state index in [4.69, 9.17) is 0 Å². The minimum atomic E-state index is -0.0538. The molecule has 4 nitrogen and oxygen atoms in total. The number of aromatic amines is 1. The summed E-state index contributed by atoms with van der Waals surface area (Å²) in [7, 11) is 0. The van der Waals surface area contributed by atoms with Crippen LogP contribution in [0.25, 0.3) is 5.65 Å². The molecule has 2 aromatic heterocycles. The molecule has 0 saturated heterocycles. The van der Waals surface area contributed by atoms with Crippen molar-refractivity contribution < 1.29 is 0 Å². The Bertz CT molecular complexity index is 455. The molecule has 1 N–H and O–H groups in total. The van der Waals surface area contributed by atoms with Crippen LogP contribution < -0.4 is 5.56 Å². The number of H-pyrrole nitrogens is 1. The zero-order chi connectivity index (χ0) is 8.55. The number of fused-ring (bicyclic) bond motifs is 1. The number of nitrogens with zero attached hydrogens (tertiary/aromatic N) is 2. The number of pyridine rings is 1. The third kappa shape index (κ3) is 0.922. The van der Waals surface area contributed by atoms with Gasteiger partial charge in [0.15, 0.2) is 5.65 Å². The smallest absolute Gasteiger partial charge is 0.271 e. The third-order valence-electron chi connectivity index (χ3n) is 1.86. The number of hydrogen-bond acceptors (Lipinski definition) is 2. The predicted octanol–water partition coefficient (Wildman–Crippen LogP) is 0.585. The van der Waals surface area contributed by atoms with E-state index in [2.05, 4.69) is 10.1 Å². The maximum atomic E-state index is 11.3. The SMILES string of the molecule is CCc1cc(=O)n2[nH]cnc2c1. The van der Waals surface area contributed by atoms with Crippen molar-refractivity contribution in [2.24, 2.45) is 0 Å². The molecule has 2 rings (SSSR count). The largest absolute Gasteiger partial charge is 0.279 e. The van der Waals surface area contributed by atoms with Gasteiger partial charge >= 0.3 is 0 Å². The van der Waals surface area contributed by atoms with Crippen molar-refractivity contribution >= 4 is 5.65 Å². The van der Waals surface area contributed by atoms with Gasteiger partial charge in [-0.2, -0.15) is 0 Å². The average Bonchev–Trinajstić information content (AvgIpc) is 2.52. The van der Waals surface area contributed by atoms with E-state index in [0.29, 0.717) is 5.65 Å². The van der Waals surface area contributed by atoms with Gasteiger partial charge in [-0.05, 0) is 18.1 Å². The number of aromatic nitrogens is 3. The average molecular weight is 163 g/mol. The topological polar surface area (TPSA) is 50.2 Å². The molecule has 0 atom stereocenters. The molecule has 0 saturated carbocycles. The number of aryl methyl sites for hydroxylation is 1. The van der Waals surface area contributed by atoms with Crippen LogP contribution in [0.5, 0.6) is 0 Å². The van der Waals surface area contributed by atoms with E-state index >= 15 is 0 Å². The fourth-order valence-corrected chi connectivity index (χ4v) is 1.19. The lowest BCUT2D eigenvalue weighted by molar-refractivity contribution is 0.910. The fourth-order valence-electron chi connectivity index (χ4n) is 1.19. The number of rotatable bonds is 1. The molecule has 0 amide bonds. The number of hydrogen-bond donors (Lipinski definition) is 1. The van der Waals surface area contributed by atoms with Crippen LogP contribution in [-0.2, 0) is 6.42 Å². The molecule has 0 aliphatic carbocycles. The van der Waals surface area contributed by atoms with E-state index in [1.807, 2.05) is 13.0 Å². The van der Waals surface area contributed by atoms with Crippen molar-refractivity contribution in [1.29, 1.82) is 0 Å². The van der Waals surface area contributed by atoms with E-state index < -0.39 is 0 Å². The monoisotopic (exact) mass is 163 g/mol. The molecule has 0 aromatic carbocycles. The molecule has 0 spiro atoms. The Morgan fingerprint density at radius 1 is 1.58 bits per heavy atom. The highest BCUT2D eigenvalue weighted by Crippen LogP contribution is 1.99. The summed E-state index contributed by atoms with van der Waals surface area (Å²) >= 11 is 0. The molecule has 2 aromatic rings. The molecule has 0 aliphatic heterocycles. The van der Waals surface area contributed by atoms with E-state index in [-0.39, 0.29) is 5.56 Å². The minimum Gasteiger partial charge on any atom is -0.279 e. The van der Waals surface area contributed by atoms with Crippen molar-refractivity contribution in [3.8, 4) is 0 Å². The molecule has 62 valence electrons. The van der Waals surface area contributed by atoms with Gasteiger partial charge < -0.3 is 0 Å². The van der Waals surface area contributed by atoms with Gasteiger partial charge in [0.1, 0.15) is 6.33 Å². The summed E-state index contributed by atoms with van der Waals surface area (Å²) in [6.07, 6.45) is 2.37. The lowest BCUT2D eigenvalue weighted by Gasteiger charge is -1.94. The van der Waals surface area contributed by atoms with E-state index in [0.717, 1.165) is 12.0 Å². The second-order valence-corrected chi connectivity index (χ2v) is 2.64. The number of nitrogens with one attached hydrogen (secondary N) is 1. The molecule has 0 radical (unpaired) electrons. The highest BCUT2D eigenvalue weighted by molar-refractivity contribution is 5.39. The third-order valence-corrected chi connectivity index (χ3v) is 1.86. The van der Waals surface area contributed by atoms with Crippen LogP contribution in [0.15, 0.2) is 23.3 Å². The van der Waals surface area contributed by atoms with Crippen molar-refractivity contribution in [2.45, 2.75) is 13.3 Å². The highest BCUT2D eigenvalue weighted by Gasteiger charge is 1.99. The zero-order valence-electron chi connectivity index (χ0n) is 6.74. The first-order valence-electron chi connectivity index (χ1n) is 3.86. The Balaban J connectivity index is 2.84. The first-order valence-corrected chi connectivity index (χ1v) is 3.86. The predicted molar refractivity (Wildman–Crippen MR) is 45.2 cm³/mol. The van der Waals surface area contributed by atoms with Crippen LogP contribution >= 0.6 is 0 Å². The Morgan fingerprint density at radius 2 is 2.42 bits per heavy atom. The summed E-state index contributed by atoms with van der Waals surface area (Å²) in [5, 5.41) is 2.73. The van der Waals surface area contributed by atoms with Crippen molar-refractivity contribution in [2.75, 3.05) is 0 Å². The fraction of sp³-hybridized carbons (Fsp3) is 0.250. The van der Waals surface area contributed by atoms with Crippen LogP contribution in [0.1, 0.15) is 12.5 Å². The molecule has 4 heteroatoms. The van der Waals surface area contributed by atoms with Crippen LogP contribution in [0.3, 0.4) is 0 Å². The Morgan fingerprint density at radius 3 is 3.17 bits per heavy atom. The van der Waals surface area contributed by atoms with Gasteiger partial charge in [-0.15, -0.1) is 0 Å². The van der Waals surface area contributed by atoms with Gasteiger partial charge in [0.05, 0.1) is 0 Å². The quantitative estimate of drug-likeness (QED) is 0.668. The van der Waals surface area contributed by atoms with Gasteiger partial charge in [-0.3, -0.25) is 9.89 Å². The second-order valence-electron chi connectivity index (χ2n) is 2.64. The van der Waals surface area contributed by atoms with Gasteiger partial charge in [0.2, 0.25) is 0 Å². The summed E-state index contributed by atoms with van der Waals surface area (Å²) in [6, 6.07) is 3.52. The van der Waals surface area contributed by atoms with Crippen LogP contribution in [0.4, 0.5) is 0 Å². The van der Waals surface area contributed by atoms with Crippen LogP contribution in [-0.4, -0.2) is 14.6 Å². The van der Waals surface area contributed by atoms with Gasteiger partial charge in [-0.25, -0.2) is 9.50 Å². The summed E-state index contributed by atoms with van der Waals surface area (Å²) in [5.74, 6) is 0. The molecular formula is C8H9N3O. The maximum absolute atomic E-state index is 11.3. The van der Waals surface area contributed by atoms with Gasteiger partial charge in [0.25, 0.3) is 5.56 Å². The summed E-state index contributed by atoms with van der Waals surface area (Å²) < 4.78 is 1.42. The molecule has 0 unspecified atom stereocenters. The molecule has 0 fully saturated rings. The molecular weight excluding hydrogens is 154 g/mol. The summed E-state index contributed by atoms with van der Waals surface area (Å²) in [5.41, 5.74) is 1.65. The van der Waals surface area contributed by atoms with E-state index in [1.165, 1.54) is 10.8 Å². The highest BCUT2D eigenvalue weighted by atomic mass is 16.1. The zero-order valence-corrected chi connectivity index (χ0v) is 6.74. The minimum absolute atomic E-state index is 0.0538. The Kier molecular flexibility index (Phi) is 1.46. The standard InChI is InChI=1S/C8H9N3O/c1-2-6-3-7-9-5-10-11(7)8(12)4-6/h3-5H,2H2,1H3,(H,9,10). The normalized spacial score (nSPS) is 10.8. The summed E-state index contributed by atoms with van der Waals surface area (Å²) in [4.78, 5) is 15.3. The van der Waals surface area contributed by atoms with Crippen LogP contribution in [0, 0.1) is 0 Å². The molecule has 12 heavy (non-hydrogen) atoms. The van der Waals surface area contributed by atoms with Crippen LogP contribution in [0.2, 0.25) is 0 Å². The van der Waals surface area contributed by atoms with E-state index in [9.17, 15) is 4.79 Å².